The van der Waals surface area contributed by atoms with Crippen LogP contribution in [0.5, 0.6) is 0 Å². The number of unbranched alkanes of at least 4 members (excludes halogenated alkanes) is 3. The minimum Gasteiger partial charge on any atom is -0.465 e. The molecule has 0 spiro atoms. The van der Waals surface area contributed by atoms with Crippen LogP contribution in [0.1, 0.15) is 55.9 Å². The molecule has 1 aliphatic heterocycles. The van der Waals surface area contributed by atoms with Crippen LogP contribution >= 0.6 is 23.1 Å². The second-order valence-corrected chi connectivity index (χ2v) is 10.8. The number of nitrogens with one attached hydrogen (secondary N) is 2. The summed E-state index contributed by atoms with van der Waals surface area (Å²) >= 11 is 2.64. The molecule has 3 rings (SSSR count). The van der Waals surface area contributed by atoms with E-state index in [0.29, 0.717) is 25.7 Å². The molecule has 7 nitrogen and oxygen atoms in total. The van der Waals surface area contributed by atoms with Gasteiger partial charge in [0.25, 0.3) is 5.24 Å². The molecule has 1 aliphatic rings. The van der Waals surface area contributed by atoms with Gasteiger partial charge in [-0.25, -0.2) is 4.79 Å². The maximum Gasteiger partial charge on any atom is 0.411 e. The highest BCUT2D eigenvalue weighted by atomic mass is 32.2. The van der Waals surface area contributed by atoms with Crippen molar-refractivity contribution in [3.05, 3.63) is 46.8 Å². The van der Waals surface area contributed by atoms with Gasteiger partial charge in [0.15, 0.2) is 0 Å². The van der Waals surface area contributed by atoms with E-state index in [-0.39, 0.29) is 22.3 Å². The summed E-state index contributed by atoms with van der Waals surface area (Å²) in [6.45, 7) is 2.13. The highest BCUT2D eigenvalue weighted by Crippen LogP contribution is 2.32. The smallest absolute Gasteiger partial charge is 0.411 e. The molecule has 1 fully saturated rings. The molecule has 4 amide bonds. The van der Waals surface area contributed by atoms with Crippen LogP contribution in [-0.2, 0) is 22.4 Å². The molecular weight excluding hydrogens is 472 g/mol. The van der Waals surface area contributed by atoms with Gasteiger partial charge in [-0.1, -0.05) is 68.6 Å². The predicted molar refractivity (Wildman–Crippen MR) is 135 cm³/mol. The lowest BCUT2D eigenvalue weighted by Crippen LogP contribution is -2.34. The normalized spacial score (nSPS) is 16.3. The Labute approximate surface area is 207 Å². The quantitative estimate of drug-likeness (QED) is 0.325. The maximum absolute atomic E-state index is 12.4. The van der Waals surface area contributed by atoms with Crippen molar-refractivity contribution in [1.29, 1.82) is 0 Å². The zero-order chi connectivity index (χ0) is 24.5. The molecule has 182 valence electrons. The van der Waals surface area contributed by atoms with Gasteiger partial charge in [0, 0.05) is 22.1 Å². The van der Waals surface area contributed by atoms with Gasteiger partial charge in [-0.3, -0.25) is 25.0 Å². The summed E-state index contributed by atoms with van der Waals surface area (Å²) in [5, 5.41) is 12.6. The SMILES string of the molecule is CCCCCCC(CCc1cccc(-c2ccc(CC3SC(=O)NC3=O)s2)c1)C(=O)NC(=O)O. The minimum absolute atomic E-state index is 0.233. The van der Waals surface area contributed by atoms with Crippen molar-refractivity contribution in [2.24, 2.45) is 5.92 Å². The van der Waals surface area contributed by atoms with E-state index < -0.39 is 12.0 Å². The molecule has 2 aromatic rings. The number of carbonyl (C=O) groups is 4. The fraction of sp³-hybridized carbons (Fsp3) is 0.440. The van der Waals surface area contributed by atoms with Crippen molar-refractivity contribution < 1.29 is 24.3 Å². The maximum atomic E-state index is 12.4. The largest absolute Gasteiger partial charge is 0.465 e. The van der Waals surface area contributed by atoms with Gasteiger partial charge >= 0.3 is 6.09 Å². The Morgan fingerprint density at radius 3 is 2.65 bits per heavy atom. The Bertz CT molecular complexity index is 1040. The molecule has 0 radical (unpaired) electrons. The van der Waals surface area contributed by atoms with Crippen molar-refractivity contribution in [3.63, 3.8) is 0 Å². The van der Waals surface area contributed by atoms with Gasteiger partial charge in [0.1, 0.15) is 0 Å². The van der Waals surface area contributed by atoms with Crippen LogP contribution < -0.4 is 10.6 Å². The molecular formula is C25H30N2O5S2. The van der Waals surface area contributed by atoms with Crippen molar-refractivity contribution in [3.8, 4) is 10.4 Å². The Hall–Kier alpha value is -2.65. The first-order chi connectivity index (χ1) is 16.4. The summed E-state index contributed by atoms with van der Waals surface area (Å²) in [7, 11) is 0. The molecule has 2 heterocycles. The number of hydrogen-bond donors (Lipinski definition) is 3. The summed E-state index contributed by atoms with van der Waals surface area (Å²) in [6, 6.07) is 12.1. The minimum atomic E-state index is -1.31. The predicted octanol–water partition coefficient (Wildman–Crippen LogP) is 5.62. The number of aryl methyl sites for hydroxylation is 1. The van der Waals surface area contributed by atoms with E-state index in [1.807, 2.05) is 35.6 Å². The van der Waals surface area contributed by atoms with E-state index in [0.717, 1.165) is 58.3 Å². The number of hydrogen-bond acceptors (Lipinski definition) is 6. The fourth-order valence-electron chi connectivity index (χ4n) is 4.01. The topological polar surface area (TPSA) is 113 Å². The van der Waals surface area contributed by atoms with Gasteiger partial charge < -0.3 is 5.11 Å². The van der Waals surface area contributed by atoms with Gasteiger partial charge in [0.2, 0.25) is 11.8 Å². The Kier molecular flexibility index (Phi) is 9.71. The summed E-state index contributed by atoms with van der Waals surface area (Å²) in [5.41, 5.74) is 2.15. The van der Waals surface area contributed by atoms with Crippen molar-refractivity contribution in [2.45, 2.75) is 63.5 Å². The highest BCUT2D eigenvalue weighted by molar-refractivity contribution is 8.15. The number of thiophene rings is 1. The standard InChI is InChI=1S/C25H30N2O5S2/c1-2-3-4-5-8-17(22(28)26-24(30)31)11-10-16-7-6-9-18(14-16)20-13-12-19(33-20)15-21-23(29)27-25(32)34-21/h6-7,9,12-14,17,21H,2-5,8,10-11,15H2,1H3,(H,26,28)(H,30,31)(H,27,29,32). The average molecular weight is 503 g/mol. The first-order valence-corrected chi connectivity index (χ1v) is 13.3. The summed E-state index contributed by atoms with van der Waals surface area (Å²) < 4.78 is 0. The van der Waals surface area contributed by atoms with Crippen LogP contribution in [0.25, 0.3) is 10.4 Å². The van der Waals surface area contributed by atoms with E-state index in [2.05, 4.69) is 18.3 Å². The Morgan fingerprint density at radius 1 is 1.12 bits per heavy atom. The van der Waals surface area contributed by atoms with Crippen LogP contribution in [0.2, 0.25) is 0 Å². The van der Waals surface area contributed by atoms with E-state index in [9.17, 15) is 19.2 Å². The van der Waals surface area contributed by atoms with Crippen LogP contribution in [0.15, 0.2) is 36.4 Å². The molecule has 34 heavy (non-hydrogen) atoms. The number of benzene rings is 1. The van der Waals surface area contributed by atoms with E-state index in [1.165, 1.54) is 0 Å². The number of thioether (sulfide) groups is 1. The third-order valence-electron chi connectivity index (χ3n) is 5.82. The van der Waals surface area contributed by atoms with E-state index in [1.54, 1.807) is 11.3 Å². The zero-order valence-corrected chi connectivity index (χ0v) is 20.8. The fourth-order valence-corrected chi connectivity index (χ4v) is 6.01. The van der Waals surface area contributed by atoms with Gasteiger partial charge in [-0.15, -0.1) is 11.3 Å². The third kappa shape index (κ3) is 7.70. The monoisotopic (exact) mass is 502 g/mol. The van der Waals surface area contributed by atoms with Gasteiger partial charge in [0.05, 0.1) is 5.25 Å². The summed E-state index contributed by atoms with van der Waals surface area (Å²) in [4.78, 5) is 48.7. The summed E-state index contributed by atoms with van der Waals surface area (Å²) in [5.74, 6) is -0.985. The molecule has 2 unspecified atom stereocenters. The van der Waals surface area contributed by atoms with Crippen molar-refractivity contribution in [1.82, 2.24) is 10.6 Å². The van der Waals surface area contributed by atoms with E-state index >= 15 is 0 Å². The summed E-state index contributed by atoms with van der Waals surface area (Å²) in [6.07, 6.45) is 5.33. The highest BCUT2D eigenvalue weighted by Gasteiger charge is 2.31. The third-order valence-corrected chi connectivity index (χ3v) is 7.95. The number of carboxylic acid groups (broad SMARTS) is 1. The molecule has 2 atom stereocenters. The number of imide groups is 2. The molecule has 1 aromatic heterocycles. The molecule has 1 aromatic carbocycles. The lowest BCUT2D eigenvalue weighted by Gasteiger charge is -2.15. The second kappa shape index (κ2) is 12.7. The lowest BCUT2D eigenvalue weighted by atomic mass is 9.92. The first kappa shape index (κ1) is 26.0. The van der Waals surface area contributed by atoms with E-state index in [4.69, 9.17) is 5.11 Å². The average Bonchev–Trinajstić information content (AvgIpc) is 3.38. The molecule has 3 N–H and O–H groups in total. The van der Waals surface area contributed by atoms with Gasteiger partial charge in [-0.2, -0.15) is 0 Å². The van der Waals surface area contributed by atoms with Crippen LogP contribution in [0, 0.1) is 5.92 Å². The Balaban J connectivity index is 1.62. The van der Waals surface area contributed by atoms with Crippen molar-refractivity contribution in [2.75, 3.05) is 0 Å². The first-order valence-electron chi connectivity index (χ1n) is 11.6. The number of rotatable bonds is 12. The van der Waals surface area contributed by atoms with Crippen LogP contribution in [0.3, 0.4) is 0 Å². The lowest BCUT2D eigenvalue weighted by molar-refractivity contribution is -0.124. The number of amides is 4. The van der Waals surface area contributed by atoms with Crippen LogP contribution in [0.4, 0.5) is 9.59 Å². The molecule has 0 bridgehead atoms. The second-order valence-electron chi connectivity index (χ2n) is 8.43. The molecule has 0 aliphatic carbocycles. The number of carbonyl (C=O) groups excluding carboxylic acids is 3. The molecule has 1 saturated heterocycles. The Morgan fingerprint density at radius 2 is 1.94 bits per heavy atom. The van der Waals surface area contributed by atoms with Gasteiger partial charge in [-0.05, 0) is 42.5 Å². The van der Waals surface area contributed by atoms with Crippen LogP contribution in [-0.4, -0.2) is 33.5 Å². The molecule has 9 heteroatoms. The van der Waals surface area contributed by atoms with Crippen molar-refractivity contribution >= 4 is 46.2 Å². The zero-order valence-electron chi connectivity index (χ0n) is 19.2. The molecule has 0 saturated carbocycles.